The van der Waals surface area contributed by atoms with Crippen LogP contribution in [0.1, 0.15) is 5.56 Å². The van der Waals surface area contributed by atoms with Crippen LogP contribution in [0.4, 0.5) is 10.5 Å². The van der Waals surface area contributed by atoms with Crippen LogP contribution in [-0.2, 0) is 9.59 Å². The SMILES string of the molecule is COc1ccc(NC(=O)CN2C(=O)S/C(=C/c3cccc(Br)c3)C2=O)cc1. The van der Waals surface area contributed by atoms with Crippen molar-refractivity contribution in [2.24, 2.45) is 0 Å². The number of anilines is 1. The van der Waals surface area contributed by atoms with E-state index in [0.717, 1.165) is 26.7 Å². The number of carbonyl (C=O) groups is 3. The summed E-state index contributed by atoms with van der Waals surface area (Å²) in [4.78, 5) is 38.1. The van der Waals surface area contributed by atoms with E-state index < -0.39 is 17.1 Å². The van der Waals surface area contributed by atoms with Crippen LogP contribution < -0.4 is 10.1 Å². The average Bonchev–Trinajstić information content (AvgIpc) is 2.90. The lowest BCUT2D eigenvalue weighted by Gasteiger charge is -2.12. The van der Waals surface area contributed by atoms with Crippen molar-refractivity contribution in [1.82, 2.24) is 4.90 Å². The first-order valence-corrected chi connectivity index (χ1v) is 9.52. The molecule has 0 spiro atoms. The number of ether oxygens (including phenoxy) is 1. The lowest BCUT2D eigenvalue weighted by Crippen LogP contribution is -2.36. The van der Waals surface area contributed by atoms with Gasteiger partial charge in [-0.1, -0.05) is 28.1 Å². The molecule has 1 fully saturated rings. The maximum Gasteiger partial charge on any atom is 0.294 e. The van der Waals surface area contributed by atoms with E-state index >= 15 is 0 Å². The van der Waals surface area contributed by atoms with Crippen LogP contribution in [0.3, 0.4) is 0 Å². The van der Waals surface area contributed by atoms with Crippen molar-refractivity contribution in [2.75, 3.05) is 19.0 Å². The fourth-order valence-electron chi connectivity index (χ4n) is 2.40. The van der Waals surface area contributed by atoms with Crippen LogP contribution in [-0.4, -0.2) is 35.6 Å². The monoisotopic (exact) mass is 446 g/mol. The van der Waals surface area contributed by atoms with Gasteiger partial charge in [-0.25, -0.2) is 0 Å². The van der Waals surface area contributed by atoms with Crippen molar-refractivity contribution in [2.45, 2.75) is 0 Å². The van der Waals surface area contributed by atoms with Crippen molar-refractivity contribution in [3.8, 4) is 5.75 Å². The number of amides is 3. The molecule has 1 aliphatic rings. The summed E-state index contributed by atoms with van der Waals surface area (Å²) < 4.78 is 5.93. The summed E-state index contributed by atoms with van der Waals surface area (Å²) in [6.07, 6.45) is 1.64. The maximum atomic E-state index is 12.5. The number of imide groups is 1. The van der Waals surface area contributed by atoms with Gasteiger partial charge in [0.05, 0.1) is 12.0 Å². The number of hydrogen-bond acceptors (Lipinski definition) is 5. The molecule has 1 saturated heterocycles. The number of methoxy groups -OCH3 is 1. The predicted molar refractivity (Wildman–Crippen MR) is 108 cm³/mol. The highest BCUT2D eigenvalue weighted by Crippen LogP contribution is 2.32. The summed E-state index contributed by atoms with van der Waals surface area (Å²) in [6.45, 7) is -0.341. The predicted octanol–water partition coefficient (Wildman–Crippen LogP) is 4.13. The van der Waals surface area contributed by atoms with Crippen LogP contribution in [0.2, 0.25) is 0 Å². The van der Waals surface area contributed by atoms with Gasteiger partial charge in [0.2, 0.25) is 5.91 Å². The first kappa shape index (κ1) is 19.2. The molecule has 27 heavy (non-hydrogen) atoms. The van der Waals surface area contributed by atoms with E-state index in [2.05, 4.69) is 21.2 Å². The van der Waals surface area contributed by atoms with E-state index in [1.165, 1.54) is 0 Å². The van der Waals surface area contributed by atoms with Crippen molar-refractivity contribution >= 4 is 56.5 Å². The summed E-state index contributed by atoms with van der Waals surface area (Å²) in [5.74, 6) is -0.266. The molecule has 1 heterocycles. The molecule has 138 valence electrons. The van der Waals surface area contributed by atoms with Crippen LogP contribution in [0, 0.1) is 0 Å². The molecule has 2 aromatic carbocycles. The van der Waals surface area contributed by atoms with Crippen molar-refractivity contribution in [1.29, 1.82) is 0 Å². The normalized spacial score (nSPS) is 15.3. The molecule has 0 bridgehead atoms. The van der Waals surface area contributed by atoms with Gasteiger partial charge in [0.15, 0.2) is 0 Å². The van der Waals surface area contributed by atoms with E-state index in [1.54, 1.807) is 37.5 Å². The zero-order chi connectivity index (χ0) is 19.4. The Morgan fingerprint density at radius 3 is 2.63 bits per heavy atom. The molecule has 0 saturated carbocycles. The molecule has 0 aromatic heterocycles. The summed E-state index contributed by atoms with van der Waals surface area (Å²) in [6, 6.07) is 14.1. The van der Waals surface area contributed by atoms with Gasteiger partial charge < -0.3 is 10.1 Å². The molecule has 6 nitrogen and oxygen atoms in total. The van der Waals surface area contributed by atoms with E-state index in [1.807, 2.05) is 24.3 Å². The third kappa shape index (κ3) is 4.78. The topological polar surface area (TPSA) is 75.7 Å². The number of hydrogen-bond donors (Lipinski definition) is 1. The first-order valence-electron chi connectivity index (χ1n) is 7.91. The highest BCUT2D eigenvalue weighted by molar-refractivity contribution is 9.10. The number of rotatable bonds is 5. The number of nitrogens with one attached hydrogen (secondary N) is 1. The lowest BCUT2D eigenvalue weighted by molar-refractivity contribution is -0.127. The standard InChI is InChI=1S/C19H15BrN2O4S/c1-26-15-7-5-14(6-8-15)21-17(23)11-22-18(24)16(27-19(22)25)10-12-3-2-4-13(20)9-12/h2-10H,11H2,1H3,(H,21,23)/b16-10+. The largest absolute Gasteiger partial charge is 0.497 e. The molecule has 3 amide bonds. The number of thioether (sulfide) groups is 1. The van der Waals surface area contributed by atoms with Gasteiger partial charge in [0, 0.05) is 10.2 Å². The number of halogens is 1. The van der Waals surface area contributed by atoms with Crippen molar-refractivity contribution in [3.63, 3.8) is 0 Å². The van der Waals surface area contributed by atoms with Gasteiger partial charge in [-0.3, -0.25) is 19.3 Å². The maximum absolute atomic E-state index is 12.5. The van der Waals surface area contributed by atoms with Crippen LogP contribution >= 0.6 is 27.7 Å². The van der Waals surface area contributed by atoms with Gasteiger partial charge in [0.25, 0.3) is 11.1 Å². The van der Waals surface area contributed by atoms with E-state index in [-0.39, 0.29) is 11.4 Å². The molecule has 0 atom stereocenters. The van der Waals surface area contributed by atoms with E-state index in [0.29, 0.717) is 11.4 Å². The fraction of sp³-hybridized carbons (Fsp3) is 0.105. The van der Waals surface area contributed by atoms with Gasteiger partial charge in [-0.15, -0.1) is 0 Å². The van der Waals surface area contributed by atoms with Crippen LogP contribution in [0.25, 0.3) is 6.08 Å². The zero-order valence-corrected chi connectivity index (χ0v) is 16.7. The summed E-state index contributed by atoms with van der Waals surface area (Å²) >= 11 is 4.19. The summed E-state index contributed by atoms with van der Waals surface area (Å²) in [5, 5.41) is 2.19. The molecule has 0 aliphatic carbocycles. The Labute approximate surface area is 168 Å². The van der Waals surface area contributed by atoms with E-state index in [9.17, 15) is 14.4 Å². The van der Waals surface area contributed by atoms with Gasteiger partial charge in [-0.2, -0.15) is 0 Å². The highest BCUT2D eigenvalue weighted by atomic mass is 79.9. The quantitative estimate of drug-likeness (QED) is 0.698. The van der Waals surface area contributed by atoms with Gasteiger partial charge in [0.1, 0.15) is 12.3 Å². The molecule has 0 unspecified atom stereocenters. The van der Waals surface area contributed by atoms with Gasteiger partial charge >= 0.3 is 0 Å². The average molecular weight is 447 g/mol. The number of benzene rings is 2. The molecular formula is C19H15BrN2O4S. The van der Waals surface area contributed by atoms with Crippen molar-refractivity contribution in [3.05, 3.63) is 63.5 Å². The molecule has 3 rings (SSSR count). The number of nitrogens with zero attached hydrogens (tertiary/aromatic N) is 1. The van der Waals surface area contributed by atoms with Crippen molar-refractivity contribution < 1.29 is 19.1 Å². The van der Waals surface area contributed by atoms with Crippen LogP contribution in [0.15, 0.2) is 57.9 Å². The Kier molecular flexibility index (Phi) is 5.98. The highest BCUT2D eigenvalue weighted by Gasteiger charge is 2.36. The first-order chi connectivity index (χ1) is 13.0. The third-order valence-electron chi connectivity index (χ3n) is 3.70. The molecule has 2 aromatic rings. The third-order valence-corrected chi connectivity index (χ3v) is 5.10. The lowest BCUT2D eigenvalue weighted by atomic mass is 10.2. The zero-order valence-electron chi connectivity index (χ0n) is 14.3. The number of carbonyl (C=O) groups excluding carboxylic acids is 3. The Hall–Kier alpha value is -2.58. The summed E-state index contributed by atoms with van der Waals surface area (Å²) in [5.41, 5.74) is 1.34. The Morgan fingerprint density at radius 1 is 1.22 bits per heavy atom. The molecule has 0 radical (unpaired) electrons. The second-order valence-electron chi connectivity index (χ2n) is 5.60. The Bertz CT molecular complexity index is 928. The minimum atomic E-state index is -0.477. The van der Waals surface area contributed by atoms with Crippen LogP contribution in [0.5, 0.6) is 5.75 Å². The van der Waals surface area contributed by atoms with E-state index in [4.69, 9.17) is 4.74 Å². The minimum Gasteiger partial charge on any atom is -0.497 e. The molecule has 1 aliphatic heterocycles. The Balaban J connectivity index is 1.67. The smallest absolute Gasteiger partial charge is 0.294 e. The second-order valence-corrected chi connectivity index (χ2v) is 7.51. The molecule has 8 heteroatoms. The second kappa shape index (κ2) is 8.41. The molecular weight excluding hydrogens is 432 g/mol. The fourth-order valence-corrected chi connectivity index (χ4v) is 3.66. The molecule has 1 N–H and O–H groups in total. The minimum absolute atomic E-state index is 0.287. The summed E-state index contributed by atoms with van der Waals surface area (Å²) in [7, 11) is 1.55. The Morgan fingerprint density at radius 2 is 1.96 bits per heavy atom. The van der Waals surface area contributed by atoms with Gasteiger partial charge in [-0.05, 0) is 59.8 Å².